The van der Waals surface area contributed by atoms with Crippen molar-refractivity contribution in [1.82, 2.24) is 4.57 Å². The first kappa shape index (κ1) is 9.97. The van der Waals surface area contributed by atoms with Gasteiger partial charge in [0.15, 0.2) is 0 Å². The zero-order valence-electron chi connectivity index (χ0n) is 9.10. The quantitative estimate of drug-likeness (QED) is 0.700. The first-order chi connectivity index (χ1) is 7.22. The number of rotatable bonds is 3. The summed E-state index contributed by atoms with van der Waals surface area (Å²) in [7, 11) is 2.04. The maximum Gasteiger partial charge on any atom is 0.120 e. The second kappa shape index (κ2) is 3.89. The van der Waals surface area contributed by atoms with Crippen molar-refractivity contribution in [3.8, 4) is 0 Å². The van der Waals surface area contributed by atoms with E-state index in [4.69, 9.17) is 0 Å². The SMILES string of the molecule is CC(CC=O)c1ccc2c(ccn2C)c1. The van der Waals surface area contributed by atoms with Gasteiger partial charge in [0.1, 0.15) is 6.29 Å². The molecule has 1 aromatic heterocycles. The maximum atomic E-state index is 10.5. The van der Waals surface area contributed by atoms with E-state index in [0.717, 1.165) is 6.29 Å². The van der Waals surface area contributed by atoms with Crippen LogP contribution < -0.4 is 0 Å². The van der Waals surface area contributed by atoms with Crippen molar-refractivity contribution < 1.29 is 4.79 Å². The van der Waals surface area contributed by atoms with Crippen molar-refractivity contribution in [2.24, 2.45) is 7.05 Å². The molecule has 0 saturated carbocycles. The Hall–Kier alpha value is -1.57. The first-order valence-corrected chi connectivity index (χ1v) is 5.21. The minimum Gasteiger partial charge on any atom is -0.351 e. The van der Waals surface area contributed by atoms with Crippen LogP contribution in [0, 0.1) is 0 Å². The summed E-state index contributed by atoms with van der Waals surface area (Å²) in [5, 5.41) is 1.24. The van der Waals surface area contributed by atoms with E-state index >= 15 is 0 Å². The third-order valence-electron chi connectivity index (χ3n) is 2.93. The summed E-state index contributed by atoms with van der Waals surface area (Å²) >= 11 is 0. The lowest BCUT2D eigenvalue weighted by atomic mass is 9.97. The van der Waals surface area contributed by atoms with Gasteiger partial charge in [0, 0.05) is 25.2 Å². The monoisotopic (exact) mass is 201 g/mol. The molecular formula is C13H15NO. The van der Waals surface area contributed by atoms with Crippen molar-refractivity contribution in [1.29, 1.82) is 0 Å². The fraction of sp³-hybridized carbons (Fsp3) is 0.308. The molecule has 15 heavy (non-hydrogen) atoms. The summed E-state index contributed by atoms with van der Waals surface area (Å²) in [4.78, 5) is 10.5. The number of hydrogen-bond acceptors (Lipinski definition) is 1. The molecule has 2 nitrogen and oxygen atoms in total. The summed E-state index contributed by atoms with van der Waals surface area (Å²) in [6.45, 7) is 2.08. The third kappa shape index (κ3) is 1.80. The Morgan fingerprint density at radius 3 is 2.93 bits per heavy atom. The average molecular weight is 201 g/mol. The van der Waals surface area contributed by atoms with Crippen LogP contribution in [0.15, 0.2) is 30.5 Å². The van der Waals surface area contributed by atoms with Gasteiger partial charge in [-0.1, -0.05) is 13.0 Å². The molecule has 0 aliphatic carbocycles. The largest absolute Gasteiger partial charge is 0.351 e. The second-order valence-electron chi connectivity index (χ2n) is 4.05. The average Bonchev–Trinajstić information content (AvgIpc) is 2.60. The van der Waals surface area contributed by atoms with Gasteiger partial charge in [0.25, 0.3) is 0 Å². The molecular weight excluding hydrogens is 186 g/mol. The lowest BCUT2D eigenvalue weighted by Gasteiger charge is -2.08. The molecule has 0 fully saturated rings. The van der Waals surface area contributed by atoms with Crippen LogP contribution in [0.5, 0.6) is 0 Å². The van der Waals surface area contributed by atoms with Crippen LogP contribution in [0.1, 0.15) is 24.8 Å². The Kier molecular flexibility index (Phi) is 2.58. The summed E-state index contributed by atoms with van der Waals surface area (Å²) in [5.41, 5.74) is 2.47. The van der Waals surface area contributed by atoms with E-state index < -0.39 is 0 Å². The van der Waals surface area contributed by atoms with E-state index in [1.165, 1.54) is 16.5 Å². The van der Waals surface area contributed by atoms with Gasteiger partial charge in [-0.3, -0.25) is 0 Å². The summed E-state index contributed by atoms with van der Waals surface area (Å²) in [6, 6.07) is 8.50. The summed E-state index contributed by atoms with van der Waals surface area (Å²) < 4.78 is 2.10. The van der Waals surface area contributed by atoms with Crippen molar-refractivity contribution in [3.63, 3.8) is 0 Å². The van der Waals surface area contributed by atoms with Crippen LogP contribution in [0.4, 0.5) is 0 Å². The fourth-order valence-corrected chi connectivity index (χ4v) is 1.89. The molecule has 2 aromatic rings. The van der Waals surface area contributed by atoms with Gasteiger partial charge < -0.3 is 9.36 Å². The van der Waals surface area contributed by atoms with Crippen LogP contribution in [0.25, 0.3) is 10.9 Å². The Morgan fingerprint density at radius 1 is 1.40 bits per heavy atom. The highest BCUT2D eigenvalue weighted by Gasteiger charge is 2.06. The molecule has 0 aliphatic heterocycles. The smallest absolute Gasteiger partial charge is 0.120 e. The van der Waals surface area contributed by atoms with Crippen LogP contribution in [-0.4, -0.2) is 10.9 Å². The topological polar surface area (TPSA) is 22.0 Å². The molecule has 2 rings (SSSR count). The lowest BCUT2D eigenvalue weighted by molar-refractivity contribution is -0.108. The summed E-state index contributed by atoms with van der Waals surface area (Å²) in [6.07, 6.45) is 3.64. The van der Waals surface area contributed by atoms with Crippen LogP contribution >= 0.6 is 0 Å². The minimum atomic E-state index is 0.312. The lowest BCUT2D eigenvalue weighted by Crippen LogP contribution is -1.94. The van der Waals surface area contributed by atoms with Gasteiger partial charge in [0.2, 0.25) is 0 Å². The Bertz CT molecular complexity index is 484. The van der Waals surface area contributed by atoms with Gasteiger partial charge in [-0.05, 0) is 35.1 Å². The Labute approximate surface area is 89.5 Å². The number of benzene rings is 1. The Balaban J connectivity index is 2.42. The highest BCUT2D eigenvalue weighted by molar-refractivity contribution is 5.81. The minimum absolute atomic E-state index is 0.312. The van der Waals surface area contributed by atoms with E-state index in [2.05, 4.69) is 42.0 Å². The molecule has 1 atom stereocenters. The van der Waals surface area contributed by atoms with Crippen LogP contribution in [0.2, 0.25) is 0 Å². The molecule has 0 radical (unpaired) electrons. The highest BCUT2D eigenvalue weighted by Crippen LogP contribution is 2.23. The molecule has 1 heterocycles. The van der Waals surface area contributed by atoms with Gasteiger partial charge in [-0.15, -0.1) is 0 Å². The van der Waals surface area contributed by atoms with E-state index in [9.17, 15) is 4.79 Å². The number of nitrogens with zero attached hydrogens (tertiary/aromatic N) is 1. The molecule has 2 heteroatoms. The van der Waals surface area contributed by atoms with Gasteiger partial charge >= 0.3 is 0 Å². The van der Waals surface area contributed by atoms with Crippen molar-refractivity contribution >= 4 is 17.2 Å². The number of aryl methyl sites for hydroxylation is 1. The van der Waals surface area contributed by atoms with Crippen molar-refractivity contribution in [2.75, 3.05) is 0 Å². The van der Waals surface area contributed by atoms with Crippen LogP contribution in [-0.2, 0) is 11.8 Å². The molecule has 1 unspecified atom stereocenters. The van der Waals surface area contributed by atoms with Crippen molar-refractivity contribution in [2.45, 2.75) is 19.3 Å². The summed E-state index contributed by atoms with van der Waals surface area (Å²) in [5.74, 6) is 0.312. The third-order valence-corrected chi connectivity index (χ3v) is 2.93. The first-order valence-electron chi connectivity index (χ1n) is 5.21. The molecule has 1 aromatic carbocycles. The van der Waals surface area contributed by atoms with E-state index in [-0.39, 0.29) is 0 Å². The van der Waals surface area contributed by atoms with Gasteiger partial charge in [-0.2, -0.15) is 0 Å². The zero-order chi connectivity index (χ0) is 10.8. The molecule has 0 spiro atoms. The van der Waals surface area contributed by atoms with Gasteiger partial charge in [-0.25, -0.2) is 0 Å². The van der Waals surface area contributed by atoms with E-state index in [1.54, 1.807) is 0 Å². The predicted molar refractivity (Wildman–Crippen MR) is 62.0 cm³/mol. The number of aldehydes is 1. The molecule has 78 valence electrons. The molecule has 0 bridgehead atoms. The fourth-order valence-electron chi connectivity index (χ4n) is 1.89. The number of carbonyl (C=O) groups is 1. The molecule has 0 saturated heterocycles. The Morgan fingerprint density at radius 2 is 2.20 bits per heavy atom. The normalized spacial score (nSPS) is 12.9. The number of hydrogen-bond donors (Lipinski definition) is 0. The highest BCUT2D eigenvalue weighted by atomic mass is 16.1. The standard InChI is InChI=1S/C13H15NO/c1-10(6-8-15)11-3-4-13-12(9-11)5-7-14(13)2/h3-5,7-10H,6H2,1-2H3. The molecule has 0 amide bonds. The zero-order valence-corrected chi connectivity index (χ0v) is 9.10. The number of aromatic nitrogens is 1. The second-order valence-corrected chi connectivity index (χ2v) is 4.05. The maximum absolute atomic E-state index is 10.5. The number of fused-ring (bicyclic) bond motifs is 1. The number of carbonyl (C=O) groups excluding carboxylic acids is 1. The molecule has 0 aliphatic rings. The molecule has 0 N–H and O–H groups in total. The van der Waals surface area contributed by atoms with Crippen LogP contribution in [0.3, 0.4) is 0 Å². The van der Waals surface area contributed by atoms with E-state index in [0.29, 0.717) is 12.3 Å². The predicted octanol–water partition coefficient (Wildman–Crippen LogP) is 2.87. The van der Waals surface area contributed by atoms with Gasteiger partial charge in [0.05, 0.1) is 0 Å². The van der Waals surface area contributed by atoms with Crippen molar-refractivity contribution in [3.05, 3.63) is 36.0 Å². The van der Waals surface area contributed by atoms with E-state index in [1.807, 2.05) is 7.05 Å².